The highest BCUT2D eigenvalue weighted by Gasteiger charge is 2.42. The third-order valence-electron chi connectivity index (χ3n) is 5.70. The van der Waals surface area contributed by atoms with E-state index < -0.39 is 9.28 Å². The van der Waals surface area contributed by atoms with Gasteiger partial charge in [-0.05, 0) is 25.2 Å². The van der Waals surface area contributed by atoms with Crippen LogP contribution in [-0.2, 0) is 8.85 Å². The van der Waals surface area contributed by atoms with Crippen LogP contribution in [0, 0.1) is 5.92 Å². The topological polar surface area (TPSA) is 18.5 Å². The van der Waals surface area contributed by atoms with Crippen LogP contribution in [0.2, 0.25) is 5.04 Å². The number of hydrogen-bond donors (Lipinski definition) is 0. The van der Waals surface area contributed by atoms with Gasteiger partial charge in [0.15, 0.2) is 0 Å². The van der Waals surface area contributed by atoms with Crippen LogP contribution in [0.25, 0.3) is 0 Å². The first-order valence-electron chi connectivity index (χ1n) is 9.74. The average Bonchev–Trinajstić information content (AvgIpc) is 2.56. The molecule has 0 aromatic rings. The Morgan fingerprint density at radius 1 is 0.909 bits per heavy atom. The lowest BCUT2D eigenvalue weighted by atomic mass is 9.84. The zero-order valence-electron chi connectivity index (χ0n) is 15.7. The largest absolute Gasteiger partial charge is 0.400 e. The Morgan fingerprint density at radius 2 is 1.45 bits per heavy atom. The van der Waals surface area contributed by atoms with Crippen LogP contribution < -0.4 is 0 Å². The summed E-state index contributed by atoms with van der Waals surface area (Å²) in [5.41, 5.74) is 0. The number of hydrogen-bond acceptors (Lipinski definition) is 2. The fourth-order valence-corrected chi connectivity index (χ4v) is 6.80. The smallest absolute Gasteiger partial charge is 0.327 e. The van der Waals surface area contributed by atoms with Crippen LogP contribution in [-0.4, -0.2) is 23.5 Å². The molecular formula is C19H40O2Si. The van der Waals surface area contributed by atoms with Crippen molar-refractivity contribution < 1.29 is 8.85 Å². The summed E-state index contributed by atoms with van der Waals surface area (Å²) in [4.78, 5) is 0. The molecule has 0 aliphatic heterocycles. The van der Waals surface area contributed by atoms with Crippen LogP contribution in [0.3, 0.4) is 0 Å². The van der Waals surface area contributed by atoms with Gasteiger partial charge >= 0.3 is 9.28 Å². The standard InChI is InChI=1S/C12H26O2Si.C7H14/c1-4-5-9-12(15(13-2)14-3)10-7-6-8-11-12;1-7-5-3-2-4-6-7/h15H,4-11H2,1-3H3;7H,2-6H2,1H3. The minimum atomic E-state index is -1.44. The maximum atomic E-state index is 5.66. The predicted octanol–water partition coefficient (Wildman–Crippen LogP) is 5.98. The van der Waals surface area contributed by atoms with Crippen LogP contribution >= 0.6 is 0 Å². The molecule has 0 atom stereocenters. The maximum Gasteiger partial charge on any atom is 0.327 e. The summed E-state index contributed by atoms with van der Waals surface area (Å²) in [6, 6.07) is 0. The van der Waals surface area contributed by atoms with E-state index in [-0.39, 0.29) is 0 Å². The van der Waals surface area contributed by atoms with Crippen molar-refractivity contribution in [2.75, 3.05) is 14.2 Å². The summed E-state index contributed by atoms with van der Waals surface area (Å²) in [5, 5.41) is 0.442. The fraction of sp³-hybridized carbons (Fsp3) is 1.00. The molecule has 2 aliphatic rings. The van der Waals surface area contributed by atoms with E-state index in [1.165, 1.54) is 83.5 Å². The highest BCUT2D eigenvalue weighted by molar-refractivity contribution is 6.48. The van der Waals surface area contributed by atoms with Crippen molar-refractivity contribution in [3.8, 4) is 0 Å². The van der Waals surface area contributed by atoms with Gasteiger partial charge in [-0.3, -0.25) is 0 Å². The molecule has 2 rings (SSSR count). The second-order valence-corrected chi connectivity index (χ2v) is 10.4. The first-order chi connectivity index (χ1) is 10.7. The molecule has 132 valence electrons. The van der Waals surface area contributed by atoms with Gasteiger partial charge in [-0.1, -0.05) is 78.1 Å². The maximum absolute atomic E-state index is 5.66. The van der Waals surface area contributed by atoms with Gasteiger partial charge in [-0.2, -0.15) is 0 Å². The van der Waals surface area contributed by atoms with Gasteiger partial charge in [0.2, 0.25) is 0 Å². The third kappa shape index (κ3) is 6.72. The van der Waals surface area contributed by atoms with Crippen molar-refractivity contribution in [2.24, 2.45) is 5.92 Å². The molecule has 0 spiro atoms. The van der Waals surface area contributed by atoms with Gasteiger partial charge in [0.1, 0.15) is 0 Å². The van der Waals surface area contributed by atoms with Crippen molar-refractivity contribution in [3.63, 3.8) is 0 Å². The highest BCUT2D eigenvalue weighted by atomic mass is 28.3. The van der Waals surface area contributed by atoms with Gasteiger partial charge in [-0.25, -0.2) is 0 Å². The first-order valence-corrected chi connectivity index (χ1v) is 11.3. The second-order valence-electron chi connectivity index (χ2n) is 7.57. The molecule has 0 heterocycles. The third-order valence-corrected chi connectivity index (χ3v) is 8.42. The van der Waals surface area contributed by atoms with Gasteiger partial charge < -0.3 is 8.85 Å². The minimum absolute atomic E-state index is 0.442. The van der Waals surface area contributed by atoms with Crippen molar-refractivity contribution in [3.05, 3.63) is 0 Å². The zero-order chi connectivity index (χ0) is 16.3. The SMILES string of the molecule is CC1CCCCC1.CCCCC1([SiH](OC)OC)CCCCC1. The van der Waals surface area contributed by atoms with Gasteiger partial charge in [0.05, 0.1) is 0 Å². The molecule has 3 heteroatoms. The van der Waals surface area contributed by atoms with E-state index in [0.29, 0.717) is 5.04 Å². The van der Waals surface area contributed by atoms with Crippen LogP contribution in [0.4, 0.5) is 0 Å². The Bertz CT molecular complexity index is 254. The molecule has 0 N–H and O–H groups in total. The normalized spacial score (nSPS) is 22.2. The van der Waals surface area contributed by atoms with Gasteiger partial charge in [0, 0.05) is 19.3 Å². The molecule has 22 heavy (non-hydrogen) atoms. The molecule has 2 fully saturated rings. The van der Waals surface area contributed by atoms with E-state index in [2.05, 4.69) is 13.8 Å². The van der Waals surface area contributed by atoms with Crippen molar-refractivity contribution in [1.29, 1.82) is 0 Å². The molecule has 0 saturated heterocycles. The summed E-state index contributed by atoms with van der Waals surface area (Å²) in [6.45, 7) is 4.63. The zero-order valence-corrected chi connectivity index (χ0v) is 16.8. The lowest BCUT2D eigenvalue weighted by molar-refractivity contribution is 0.202. The second kappa shape index (κ2) is 11.6. The molecule has 0 radical (unpaired) electrons. The monoisotopic (exact) mass is 328 g/mol. The van der Waals surface area contributed by atoms with E-state index in [4.69, 9.17) is 8.85 Å². The molecule has 0 unspecified atom stereocenters. The minimum Gasteiger partial charge on any atom is -0.400 e. The predicted molar refractivity (Wildman–Crippen MR) is 98.7 cm³/mol. The van der Waals surface area contributed by atoms with Gasteiger partial charge in [-0.15, -0.1) is 0 Å². The lowest BCUT2D eigenvalue weighted by Crippen LogP contribution is -2.38. The van der Waals surface area contributed by atoms with E-state index in [1.807, 2.05) is 14.2 Å². The Hall–Kier alpha value is 0.137. The molecule has 2 nitrogen and oxygen atoms in total. The molecule has 0 bridgehead atoms. The highest BCUT2D eigenvalue weighted by Crippen LogP contribution is 2.49. The molecule has 0 amide bonds. The Labute approximate surface area is 141 Å². The summed E-state index contributed by atoms with van der Waals surface area (Å²) in [7, 11) is 2.23. The van der Waals surface area contributed by atoms with Crippen molar-refractivity contribution in [2.45, 2.75) is 102 Å². The Morgan fingerprint density at radius 3 is 1.86 bits per heavy atom. The van der Waals surface area contributed by atoms with Crippen molar-refractivity contribution in [1.82, 2.24) is 0 Å². The van der Waals surface area contributed by atoms with E-state index in [1.54, 1.807) is 0 Å². The molecular weight excluding hydrogens is 288 g/mol. The summed E-state index contributed by atoms with van der Waals surface area (Å²) in [5.74, 6) is 1.04. The quantitative estimate of drug-likeness (QED) is 0.558. The Balaban J connectivity index is 0.000000287. The Kier molecular flexibility index (Phi) is 10.7. The van der Waals surface area contributed by atoms with Gasteiger partial charge in [0.25, 0.3) is 0 Å². The van der Waals surface area contributed by atoms with Crippen LogP contribution in [0.1, 0.15) is 97.3 Å². The number of rotatable bonds is 6. The van der Waals surface area contributed by atoms with Crippen LogP contribution in [0.15, 0.2) is 0 Å². The van der Waals surface area contributed by atoms with E-state index >= 15 is 0 Å². The lowest BCUT2D eigenvalue weighted by Gasteiger charge is -2.40. The first kappa shape index (κ1) is 20.2. The molecule has 2 saturated carbocycles. The summed E-state index contributed by atoms with van der Waals surface area (Å²) in [6.07, 6.45) is 18.2. The molecule has 2 aliphatic carbocycles. The number of unbranched alkanes of at least 4 members (excludes halogenated alkanes) is 1. The summed E-state index contributed by atoms with van der Waals surface area (Å²) >= 11 is 0. The van der Waals surface area contributed by atoms with E-state index in [0.717, 1.165) is 5.92 Å². The fourth-order valence-electron chi connectivity index (χ4n) is 4.29. The van der Waals surface area contributed by atoms with Crippen molar-refractivity contribution >= 4 is 9.28 Å². The van der Waals surface area contributed by atoms with E-state index in [9.17, 15) is 0 Å². The van der Waals surface area contributed by atoms with Crippen LogP contribution in [0.5, 0.6) is 0 Å². The summed E-state index contributed by atoms with van der Waals surface area (Å²) < 4.78 is 11.3. The molecule has 0 aromatic carbocycles. The molecule has 0 aromatic heterocycles. The average molecular weight is 329 g/mol.